The number of hydrogen-bond acceptors (Lipinski definition) is 3. The topological polar surface area (TPSA) is 60.7 Å². The molecule has 98 valence electrons. The molecule has 0 aromatic carbocycles. The molecule has 0 fully saturated rings. The van der Waals surface area contributed by atoms with E-state index in [1.807, 2.05) is 0 Å². The Bertz CT molecular complexity index is 137. The van der Waals surface area contributed by atoms with Crippen molar-refractivity contribution in [3.05, 3.63) is 0 Å². The SMILES string of the molecule is CC(O)CC(O)CCCCCCCCCO. The van der Waals surface area contributed by atoms with Crippen molar-refractivity contribution in [1.82, 2.24) is 0 Å². The zero-order chi connectivity index (χ0) is 12.2. The molecule has 0 aliphatic rings. The van der Waals surface area contributed by atoms with Gasteiger partial charge in [-0.3, -0.25) is 0 Å². The van der Waals surface area contributed by atoms with Crippen LogP contribution in [-0.2, 0) is 0 Å². The van der Waals surface area contributed by atoms with Gasteiger partial charge in [0.05, 0.1) is 12.2 Å². The van der Waals surface area contributed by atoms with E-state index in [9.17, 15) is 5.11 Å². The third kappa shape index (κ3) is 12.0. The quantitative estimate of drug-likeness (QED) is 0.479. The van der Waals surface area contributed by atoms with Crippen molar-refractivity contribution in [2.75, 3.05) is 6.61 Å². The lowest BCUT2D eigenvalue weighted by molar-refractivity contribution is 0.0834. The van der Waals surface area contributed by atoms with E-state index in [2.05, 4.69) is 0 Å². The molecule has 0 radical (unpaired) electrons. The van der Waals surface area contributed by atoms with Crippen LogP contribution < -0.4 is 0 Å². The van der Waals surface area contributed by atoms with Gasteiger partial charge in [0.2, 0.25) is 0 Å². The predicted octanol–water partition coefficient (Wildman–Crippen LogP) is 2.23. The minimum atomic E-state index is -0.395. The summed E-state index contributed by atoms with van der Waals surface area (Å²) >= 11 is 0. The lowest BCUT2D eigenvalue weighted by Crippen LogP contribution is -2.14. The Kier molecular flexibility index (Phi) is 11.3. The van der Waals surface area contributed by atoms with E-state index < -0.39 is 6.10 Å². The highest BCUT2D eigenvalue weighted by Gasteiger charge is 2.06. The van der Waals surface area contributed by atoms with Gasteiger partial charge in [0.25, 0.3) is 0 Å². The number of unbranched alkanes of at least 4 members (excludes halogenated alkanes) is 6. The van der Waals surface area contributed by atoms with E-state index in [1.165, 1.54) is 19.3 Å². The van der Waals surface area contributed by atoms with Crippen molar-refractivity contribution in [3.63, 3.8) is 0 Å². The Balaban J connectivity index is 3.08. The molecule has 3 heteroatoms. The third-order valence-electron chi connectivity index (χ3n) is 2.81. The highest BCUT2D eigenvalue weighted by Crippen LogP contribution is 2.11. The normalized spacial score (nSPS) is 15.0. The average molecular weight is 232 g/mol. The third-order valence-corrected chi connectivity index (χ3v) is 2.81. The van der Waals surface area contributed by atoms with Crippen LogP contribution in [0.15, 0.2) is 0 Å². The number of aliphatic hydroxyl groups is 3. The van der Waals surface area contributed by atoms with Crippen molar-refractivity contribution in [1.29, 1.82) is 0 Å². The molecule has 0 aromatic heterocycles. The summed E-state index contributed by atoms with van der Waals surface area (Å²) in [6.45, 7) is 2.02. The van der Waals surface area contributed by atoms with Crippen LogP contribution in [0.1, 0.15) is 64.7 Å². The molecule has 0 spiro atoms. The summed E-state index contributed by atoms with van der Waals surface area (Å²) in [6, 6.07) is 0. The minimum Gasteiger partial charge on any atom is -0.396 e. The second kappa shape index (κ2) is 11.4. The second-order valence-electron chi connectivity index (χ2n) is 4.73. The standard InChI is InChI=1S/C13H28O3/c1-12(15)11-13(16)9-7-5-3-2-4-6-8-10-14/h12-16H,2-11H2,1H3. The van der Waals surface area contributed by atoms with E-state index >= 15 is 0 Å². The maximum Gasteiger partial charge on any atom is 0.0564 e. The van der Waals surface area contributed by atoms with Crippen LogP contribution in [0.4, 0.5) is 0 Å². The Morgan fingerprint density at radius 1 is 0.812 bits per heavy atom. The monoisotopic (exact) mass is 232 g/mol. The lowest BCUT2D eigenvalue weighted by Gasteiger charge is -2.11. The molecule has 0 heterocycles. The first-order valence-corrected chi connectivity index (χ1v) is 6.63. The molecule has 0 saturated carbocycles. The Morgan fingerprint density at radius 2 is 1.31 bits per heavy atom. The van der Waals surface area contributed by atoms with E-state index in [0.29, 0.717) is 13.0 Å². The fourth-order valence-corrected chi connectivity index (χ4v) is 1.89. The molecule has 0 amide bonds. The molecule has 3 N–H and O–H groups in total. The van der Waals surface area contributed by atoms with E-state index in [4.69, 9.17) is 10.2 Å². The second-order valence-corrected chi connectivity index (χ2v) is 4.73. The summed E-state index contributed by atoms with van der Waals surface area (Å²) in [5, 5.41) is 27.2. The van der Waals surface area contributed by atoms with E-state index in [0.717, 1.165) is 32.1 Å². The number of rotatable bonds is 11. The smallest absolute Gasteiger partial charge is 0.0564 e. The fourth-order valence-electron chi connectivity index (χ4n) is 1.89. The molecule has 0 rings (SSSR count). The molecule has 0 saturated heterocycles. The zero-order valence-electron chi connectivity index (χ0n) is 10.6. The predicted molar refractivity (Wildman–Crippen MR) is 66.3 cm³/mol. The fraction of sp³-hybridized carbons (Fsp3) is 1.00. The largest absolute Gasteiger partial charge is 0.396 e. The summed E-state index contributed by atoms with van der Waals surface area (Å²) in [4.78, 5) is 0. The summed E-state index contributed by atoms with van der Waals surface area (Å²) < 4.78 is 0. The van der Waals surface area contributed by atoms with Gasteiger partial charge >= 0.3 is 0 Å². The van der Waals surface area contributed by atoms with Gasteiger partial charge in [-0.2, -0.15) is 0 Å². The molecule has 0 aliphatic carbocycles. The molecule has 2 atom stereocenters. The van der Waals surface area contributed by atoms with Crippen molar-refractivity contribution < 1.29 is 15.3 Å². The van der Waals surface area contributed by atoms with Gasteiger partial charge in [0.1, 0.15) is 0 Å². The van der Waals surface area contributed by atoms with Gasteiger partial charge in [-0.05, 0) is 26.2 Å². The van der Waals surface area contributed by atoms with Crippen LogP contribution in [0.5, 0.6) is 0 Å². The highest BCUT2D eigenvalue weighted by atomic mass is 16.3. The molecular weight excluding hydrogens is 204 g/mol. The van der Waals surface area contributed by atoms with Crippen LogP contribution >= 0.6 is 0 Å². The Labute approximate surface area is 99.5 Å². The maximum atomic E-state index is 9.50. The first-order valence-electron chi connectivity index (χ1n) is 6.63. The molecule has 16 heavy (non-hydrogen) atoms. The Hall–Kier alpha value is -0.120. The molecule has 0 bridgehead atoms. The summed E-state index contributed by atoms with van der Waals surface area (Å²) in [5.41, 5.74) is 0. The van der Waals surface area contributed by atoms with Gasteiger partial charge in [-0.15, -0.1) is 0 Å². The van der Waals surface area contributed by atoms with Crippen molar-refractivity contribution in [2.45, 2.75) is 76.9 Å². The average Bonchev–Trinajstić information content (AvgIpc) is 2.21. The number of hydrogen-bond donors (Lipinski definition) is 3. The lowest BCUT2D eigenvalue weighted by atomic mass is 10.0. The van der Waals surface area contributed by atoms with Gasteiger partial charge in [0.15, 0.2) is 0 Å². The zero-order valence-corrected chi connectivity index (χ0v) is 10.6. The molecule has 0 aliphatic heterocycles. The highest BCUT2D eigenvalue weighted by molar-refractivity contribution is 4.59. The van der Waals surface area contributed by atoms with Crippen molar-refractivity contribution >= 4 is 0 Å². The van der Waals surface area contributed by atoms with Crippen molar-refractivity contribution in [2.24, 2.45) is 0 Å². The maximum absolute atomic E-state index is 9.50. The van der Waals surface area contributed by atoms with Crippen LogP contribution in [0.3, 0.4) is 0 Å². The van der Waals surface area contributed by atoms with Crippen molar-refractivity contribution in [3.8, 4) is 0 Å². The minimum absolute atomic E-state index is 0.311. The number of aliphatic hydroxyl groups excluding tert-OH is 3. The summed E-state index contributed by atoms with van der Waals surface area (Å²) in [6.07, 6.45) is 8.48. The van der Waals surface area contributed by atoms with Crippen LogP contribution in [-0.4, -0.2) is 34.1 Å². The Morgan fingerprint density at radius 3 is 1.81 bits per heavy atom. The molecule has 0 aromatic rings. The van der Waals surface area contributed by atoms with Gasteiger partial charge in [-0.25, -0.2) is 0 Å². The molecule has 3 nitrogen and oxygen atoms in total. The molecular formula is C13H28O3. The summed E-state index contributed by atoms with van der Waals surface area (Å²) in [5.74, 6) is 0. The van der Waals surface area contributed by atoms with Crippen LogP contribution in [0.25, 0.3) is 0 Å². The first kappa shape index (κ1) is 15.9. The van der Waals surface area contributed by atoms with E-state index in [1.54, 1.807) is 6.92 Å². The van der Waals surface area contributed by atoms with Gasteiger partial charge in [-0.1, -0.05) is 38.5 Å². The first-order chi connectivity index (χ1) is 7.66. The summed E-state index contributed by atoms with van der Waals surface area (Å²) in [7, 11) is 0. The van der Waals surface area contributed by atoms with E-state index in [-0.39, 0.29) is 6.10 Å². The van der Waals surface area contributed by atoms with Crippen LogP contribution in [0.2, 0.25) is 0 Å². The molecule has 2 unspecified atom stereocenters. The van der Waals surface area contributed by atoms with Gasteiger partial charge in [0, 0.05) is 6.61 Å². The van der Waals surface area contributed by atoms with Gasteiger partial charge < -0.3 is 15.3 Å². The van der Waals surface area contributed by atoms with Crippen LogP contribution in [0, 0.1) is 0 Å².